The molecule has 0 saturated carbocycles. The fourth-order valence-electron chi connectivity index (χ4n) is 3.12. The summed E-state index contributed by atoms with van der Waals surface area (Å²) in [5, 5.41) is 8.40. The van der Waals surface area contributed by atoms with Crippen molar-refractivity contribution in [2.75, 3.05) is 30.9 Å². The van der Waals surface area contributed by atoms with E-state index < -0.39 is 0 Å². The highest BCUT2D eigenvalue weighted by Gasteiger charge is 2.24. The summed E-state index contributed by atoms with van der Waals surface area (Å²) in [4.78, 5) is 2.11. The Labute approximate surface area is 150 Å². The first-order valence-electron chi connectivity index (χ1n) is 8.03. The summed E-state index contributed by atoms with van der Waals surface area (Å²) in [7, 11) is 4.11. The van der Waals surface area contributed by atoms with Gasteiger partial charge in [-0.25, -0.2) is 4.68 Å². The van der Waals surface area contributed by atoms with Gasteiger partial charge in [-0.3, -0.25) is 0 Å². The molecule has 122 valence electrons. The average molecular weight is 383 g/mol. The quantitative estimate of drug-likeness (QED) is 0.731. The molecule has 2 aromatic carbocycles. The molecular weight excluding hydrogens is 364 g/mol. The van der Waals surface area contributed by atoms with E-state index in [0.29, 0.717) is 0 Å². The molecule has 24 heavy (non-hydrogen) atoms. The van der Waals surface area contributed by atoms with E-state index in [0.717, 1.165) is 40.2 Å². The lowest BCUT2D eigenvalue weighted by Gasteiger charge is -2.12. The number of halogens is 1. The molecule has 0 spiro atoms. The zero-order valence-electron chi connectivity index (χ0n) is 13.8. The van der Waals surface area contributed by atoms with Crippen LogP contribution in [-0.2, 0) is 6.42 Å². The van der Waals surface area contributed by atoms with Gasteiger partial charge in [-0.2, -0.15) is 5.10 Å². The maximum absolute atomic E-state index is 4.92. The van der Waals surface area contributed by atoms with Crippen molar-refractivity contribution >= 4 is 27.4 Å². The van der Waals surface area contributed by atoms with Gasteiger partial charge in [-0.15, -0.1) is 0 Å². The summed E-state index contributed by atoms with van der Waals surface area (Å²) in [6.45, 7) is 0.959. The molecule has 0 radical (unpaired) electrons. The molecule has 1 aliphatic heterocycles. The number of aromatic nitrogens is 2. The Kier molecular flexibility index (Phi) is 3.81. The number of fused-ring (bicyclic) bond motifs is 1. The van der Waals surface area contributed by atoms with Crippen LogP contribution in [0, 0.1) is 0 Å². The minimum Gasteiger partial charge on any atom is -0.378 e. The maximum Gasteiger partial charge on any atom is 0.133 e. The van der Waals surface area contributed by atoms with Gasteiger partial charge in [0, 0.05) is 41.9 Å². The third kappa shape index (κ3) is 2.49. The van der Waals surface area contributed by atoms with Gasteiger partial charge in [-0.1, -0.05) is 24.3 Å². The molecule has 5 heteroatoms. The molecule has 0 bridgehead atoms. The molecule has 0 fully saturated rings. The van der Waals surface area contributed by atoms with Crippen molar-refractivity contribution in [1.82, 2.24) is 9.78 Å². The Morgan fingerprint density at radius 1 is 1.08 bits per heavy atom. The van der Waals surface area contributed by atoms with E-state index in [1.165, 1.54) is 11.3 Å². The zero-order chi connectivity index (χ0) is 16.7. The van der Waals surface area contributed by atoms with Crippen LogP contribution in [0.3, 0.4) is 0 Å². The smallest absolute Gasteiger partial charge is 0.133 e. The summed E-state index contributed by atoms with van der Waals surface area (Å²) in [6.07, 6.45) is 1.00. The lowest BCUT2D eigenvalue weighted by atomic mass is 10.1. The third-order valence-corrected chi connectivity index (χ3v) is 5.06. The number of nitrogens with one attached hydrogen (secondary N) is 1. The lowest BCUT2D eigenvalue weighted by Crippen LogP contribution is -2.08. The summed E-state index contributed by atoms with van der Waals surface area (Å²) < 4.78 is 3.06. The maximum atomic E-state index is 4.92. The van der Waals surface area contributed by atoms with Gasteiger partial charge in [0.1, 0.15) is 5.82 Å². The second-order valence-corrected chi connectivity index (χ2v) is 7.01. The van der Waals surface area contributed by atoms with Gasteiger partial charge in [-0.05, 0) is 46.6 Å². The summed E-state index contributed by atoms with van der Waals surface area (Å²) >= 11 is 3.64. The Hall–Kier alpha value is -2.27. The highest BCUT2D eigenvalue weighted by atomic mass is 79.9. The minimum atomic E-state index is 0.959. The van der Waals surface area contributed by atoms with Crippen molar-refractivity contribution in [2.45, 2.75) is 6.42 Å². The van der Waals surface area contributed by atoms with Crippen LogP contribution in [0.4, 0.5) is 11.5 Å². The van der Waals surface area contributed by atoms with Gasteiger partial charge in [0.15, 0.2) is 0 Å². The topological polar surface area (TPSA) is 33.1 Å². The number of nitrogens with zero attached hydrogens (tertiary/aromatic N) is 3. The molecule has 4 rings (SSSR count). The number of hydrogen-bond acceptors (Lipinski definition) is 3. The van der Waals surface area contributed by atoms with Crippen molar-refractivity contribution in [3.63, 3.8) is 0 Å². The molecule has 1 N–H and O–H groups in total. The summed E-state index contributed by atoms with van der Waals surface area (Å²) in [5.41, 5.74) is 5.77. The van der Waals surface area contributed by atoms with E-state index in [4.69, 9.17) is 5.10 Å². The van der Waals surface area contributed by atoms with Crippen LogP contribution in [0.5, 0.6) is 0 Å². The first-order chi connectivity index (χ1) is 11.6. The van der Waals surface area contributed by atoms with E-state index in [9.17, 15) is 0 Å². The first kappa shape index (κ1) is 15.3. The minimum absolute atomic E-state index is 0.959. The van der Waals surface area contributed by atoms with Crippen LogP contribution in [0.15, 0.2) is 53.0 Å². The van der Waals surface area contributed by atoms with Crippen LogP contribution in [0.2, 0.25) is 0 Å². The average Bonchev–Trinajstić information content (AvgIpc) is 3.18. The van der Waals surface area contributed by atoms with E-state index in [-0.39, 0.29) is 0 Å². The molecule has 2 heterocycles. The lowest BCUT2D eigenvalue weighted by molar-refractivity contribution is 0.878. The van der Waals surface area contributed by atoms with Crippen molar-refractivity contribution in [2.24, 2.45) is 0 Å². The molecule has 0 saturated heterocycles. The Morgan fingerprint density at radius 2 is 1.83 bits per heavy atom. The summed E-state index contributed by atoms with van der Waals surface area (Å²) in [6, 6.07) is 16.8. The van der Waals surface area contributed by atoms with Crippen LogP contribution in [0.25, 0.3) is 16.9 Å². The molecule has 0 amide bonds. The van der Waals surface area contributed by atoms with E-state index >= 15 is 0 Å². The predicted molar refractivity (Wildman–Crippen MR) is 103 cm³/mol. The Morgan fingerprint density at radius 3 is 2.54 bits per heavy atom. The number of anilines is 2. The SMILES string of the molecule is CN(C)c1ccc(-c2nn(-c3ccccc3Br)c3c2CCN3)cc1. The van der Waals surface area contributed by atoms with Crippen LogP contribution >= 0.6 is 15.9 Å². The van der Waals surface area contributed by atoms with Crippen molar-refractivity contribution in [3.8, 4) is 16.9 Å². The number of rotatable bonds is 3. The molecule has 1 aromatic heterocycles. The van der Waals surface area contributed by atoms with E-state index in [1.54, 1.807) is 0 Å². The normalized spacial score (nSPS) is 12.8. The second kappa shape index (κ2) is 5.98. The second-order valence-electron chi connectivity index (χ2n) is 6.16. The molecule has 0 unspecified atom stereocenters. The van der Waals surface area contributed by atoms with E-state index in [1.807, 2.05) is 22.9 Å². The highest BCUT2D eigenvalue weighted by molar-refractivity contribution is 9.10. The fraction of sp³-hybridized carbons (Fsp3) is 0.211. The molecule has 0 aliphatic carbocycles. The van der Waals surface area contributed by atoms with Crippen molar-refractivity contribution < 1.29 is 0 Å². The summed E-state index contributed by atoms with van der Waals surface area (Å²) in [5.74, 6) is 1.11. The van der Waals surface area contributed by atoms with Crippen LogP contribution in [0.1, 0.15) is 5.56 Å². The number of para-hydroxylation sites is 1. The van der Waals surface area contributed by atoms with Crippen LogP contribution in [-0.4, -0.2) is 30.4 Å². The third-order valence-electron chi connectivity index (χ3n) is 4.39. The Balaban J connectivity index is 1.83. The number of hydrogen-bond donors (Lipinski definition) is 1. The van der Waals surface area contributed by atoms with Crippen LogP contribution < -0.4 is 10.2 Å². The molecule has 0 atom stereocenters. The molecular formula is C19H19BrN4. The highest BCUT2D eigenvalue weighted by Crippen LogP contribution is 2.36. The fourth-order valence-corrected chi connectivity index (χ4v) is 3.57. The van der Waals surface area contributed by atoms with Gasteiger partial charge in [0.2, 0.25) is 0 Å². The Bertz CT molecular complexity index is 881. The zero-order valence-corrected chi connectivity index (χ0v) is 15.3. The predicted octanol–water partition coefficient (Wildman–Crippen LogP) is 4.34. The largest absolute Gasteiger partial charge is 0.378 e. The first-order valence-corrected chi connectivity index (χ1v) is 8.83. The van der Waals surface area contributed by atoms with E-state index in [2.05, 4.69) is 70.6 Å². The molecule has 4 nitrogen and oxygen atoms in total. The van der Waals surface area contributed by atoms with Crippen molar-refractivity contribution in [3.05, 3.63) is 58.6 Å². The molecule has 3 aromatic rings. The number of benzene rings is 2. The monoisotopic (exact) mass is 382 g/mol. The standard InChI is InChI=1S/C19H19BrN4/c1-23(2)14-9-7-13(8-10-14)18-15-11-12-21-19(15)24(22-18)17-6-4-3-5-16(17)20/h3-10,21H,11-12H2,1-2H3. The van der Waals surface area contributed by atoms with Gasteiger partial charge >= 0.3 is 0 Å². The molecule has 1 aliphatic rings. The van der Waals surface area contributed by atoms with Gasteiger partial charge in [0.25, 0.3) is 0 Å². The van der Waals surface area contributed by atoms with Gasteiger partial charge in [0.05, 0.1) is 11.4 Å². The van der Waals surface area contributed by atoms with Crippen molar-refractivity contribution in [1.29, 1.82) is 0 Å². The van der Waals surface area contributed by atoms with Gasteiger partial charge < -0.3 is 10.2 Å².